The van der Waals surface area contributed by atoms with Crippen LogP contribution in [0.25, 0.3) is 22.0 Å². The molecule has 1 aromatic heterocycles. The second-order valence-electron chi connectivity index (χ2n) is 6.24. The van der Waals surface area contributed by atoms with Crippen LogP contribution in [0.4, 0.5) is 0 Å². The highest BCUT2D eigenvalue weighted by Crippen LogP contribution is 2.37. The van der Waals surface area contributed by atoms with Crippen LogP contribution in [0.3, 0.4) is 0 Å². The molecule has 0 bridgehead atoms. The van der Waals surface area contributed by atoms with Crippen molar-refractivity contribution in [3.05, 3.63) is 65.4 Å². The van der Waals surface area contributed by atoms with E-state index < -0.39 is 5.91 Å². The van der Waals surface area contributed by atoms with Crippen molar-refractivity contribution in [2.75, 3.05) is 0 Å². The van der Waals surface area contributed by atoms with E-state index in [1.165, 1.54) is 5.56 Å². The van der Waals surface area contributed by atoms with Gasteiger partial charge in [0.2, 0.25) is 0 Å². The number of carbonyl (C=O) groups excluding carboxylic acids is 1. The molecule has 0 radical (unpaired) electrons. The van der Waals surface area contributed by atoms with Crippen molar-refractivity contribution in [1.82, 2.24) is 4.98 Å². The zero-order chi connectivity index (χ0) is 17.3. The Labute approximate surface area is 142 Å². The molecule has 0 saturated carbocycles. The van der Waals surface area contributed by atoms with Gasteiger partial charge in [-0.1, -0.05) is 56.3 Å². The molecule has 24 heavy (non-hydrogen) atoms. The SMILES string of the molecule is CCC(C)c1cccc2nc(C(N)=O)c(C)c(-c3ccccc3)c12. The minimum absolute atomic E-state index is 0.350. The smallest absolute Gasteiger partial charge is 0.267 e. The van der Waals surface area contributed by atoms with E-state index in [-0.39, 0.29) is 0 Å². The van der Waals surface area contributed by atoms with Crippen LogP contribution in [0.15, 0.2) is 48.5 Å². The maximum Gasteiger partial charge on any atom is 0.267 e. The molecule has 0 saturated heterocycles. The zero-order valence-electron chi connectivity index (χ0n) is 14.3. The molecule has 1 unspecified atom stereocenters. The van der Waals surface area contributed by atoms with Crippen LogP contribution in [0, 0.1) is 6.92 Å². The third-order valence-electron chi connectivity index (χ3n) is 4.73. The van der Waals surface area contributed by atoms with Gasteiger partial charge in [0, 0.05) is 5.39 Å². The molecule has 1 amide bonds. The first-order valence-corrected chi connectivity index (χ1v) is 8.33. The van der Waals surface area contributed by atoms with Crippen molar-refractivity contribution in [3.63, 3.8) is 0 Å². The number of hydrogen-bond acceptors (Lipinski definition) is 2. The van der Waals surface area contributed by atoms with Crippen molar-refractivity contribution in [2.45, 2.75) is 33.1 Å². The average molecular weight is 318 g/mol. The fourth-order valence-corrected chi connectivity index (χ4v) is 3.27. The molecule has 3 aromatic rings. The fourth-order valence-electron chi connectivity index (χ4n) is 3.27. The van der Waals surface area contributed by atoms with Crippen LogP contribution in [-0.4, -0.2) is 10.9 Å². The molecule has 2 N–H and O–H groups in total. The molecular formula is C21H22N2O. The summed E-state index contributed by atoms with van der Waals surface area (Å²) >= 11 is 0. The van der Waals surface area contributed by atoms with Gasteiger partial charge in [-0.2, -0.15) is 0 Å². The van der Waals surface area contributed by atoms with E-state index in [4.69, 9.17) is 5.73 Å². The number of rotatable bonds is 4. The van der Waals surface area contributed by atoms with E-state index in [0.29, 0.717) is 11.6 Å². The van der Waals surface area contributed by atoms with Crippen LogP contribution in [-0.2, 0) is 0 Å². The lowest BCUT2D eigenvalue weighted by molar-refractivity contribution is 0.0995. The number of aromatic nitrogens is 1. The molecule has 3 heteroatoms. The molecule has 0 spiro atoms. The number of primary amides is 1. The van der Waals surface area contributed by atoms with Gasteiger partial charge in [-0.05, 0) is 47.6 Å². The first kappa shape index (κ1) is 16.2. The molecule has 0 aliphatic rings. The van der Waals surface area contributed by atoms with Crippen LogP contribution >= 0.6 is 0 Å². The summed E-state index contributed by atoms with van der Waals surface area (Å²) in [5, 5.41) is 1.13. The van der Waals surface area contributed by atoms with Crippen LogP contribution in [0.5, 0.6) is 0 Å². The second-order valence-corrected chi connectivity index (χ2v) is 6.24. The standard InChI is InChI=1S/C21H22N2O/c1-4-13(2)16-11-8-12-17-19(16)18(15-9-6-5-7-10-15)14(3)20(23-17)21(22)24/h5-13H,4H2,1-3H3,(H2,22,24). The molecule has 0 aliphatic heterocycles. The van der Waals surface area contributed by atoms with Crippen LogP contribution in [0.1, 0.15) is 47.8 Å². The van der Waals surface area contributed by atoms with E-state index in [2.05, 4.69) is 37.0 Å². The van der Waals surface area contributed by atoms with Crippen LogP contribution < -0.4 is 5.73 Å². The topological polar surface area (TPSA) is 56.0 Å². The summed E-state index contributed by atoms with van der Waals surface area (Å²) in [6.45, 7) is 6.34. The molecule has 3 rings (SSSR count). The molecule has 0 aliphatic carbocycles. The van der Waals surface area contributed by atoms with Gasteiger partial charge in [0.05, 0.1) is 5.52 Å². The summed E-state index contributed by atoms with van der Waals surface area (Å²) in [6.07, 6.45) is 1.05. The lowest BCUT2D eigenvalue weighted by Crippen LogP contribution is -2.16. The number of amides is 1. The Hall–Kier alpha value is -2.68. The van der Waals surface area contributed by atoms with E-state index >= 15 is 0 Å². The molecular weight excluding hydrogens is 296 g/mol. The second kappa shape index (κ2) is 6.44. The zero-order valence-corrected chi connectivity index (χ0v) is 14.3. The lowest BCUT2D eigenvalue weighted by Gasteiger charge is -2.19. The van der Waals surface area contributed by atoms with Gasteiger partial charge in [0.25, 0.3) is 5.91 Å². The quantitative estimate of drug-likeness (QED) is 0.749. The van der Waals surface area contributed by atoms with Gasteiger partial charge in [-0.15, -0.1) is 0 Å². The third kappa shape index (κ3) is 2.67. The Morgan fingerprint density at radius 2 is 1.83 bits per heavy atom. The normalized spacial score (nSPS) is 12.3. The molecule has 122 valence electrons. The molecule has 1 heterocycles. The highest BCUT2D eigenvalue weighted by atomic mass is 16.1. The van der Waals surface area contributed by atoms with Crippen LogP contribution in [0.2, 0.25) is 0 Å². The number of nitrogens with two attached hydrogens (primary N) is 1. The Bertz CT molecular complexity index is 901. The maximum absolute atomic E-state index is 11.9. The largest absolute Gasteiger partial charge is 0.364 e. The minimum Gasteiger partial charge on any atom is -0.364 e. The molecule has 3 nitrogen and oxygen atoms in total. The van der Waals surface area contributed by atoms with Crippen molar-refractivity contribution >= 4 is 16.8 Å². The van der Waals surface area contributed by atoms with E-state index in [1.807, 2.05) is 37.3 Å². The van der Waals surface area contributed by atoms with Gasteiger partial charge in [0.15, 0.2) is 0 Å². The molecule has 1 atom stereocenters. The van der Waals surface area contributed by atoms with Gasteiger partial charge in [-0.3, -0.25) is 4.79 Å². The highest BCUT2D eigenvalue weighted by molar-refractivity contribution is 6.04. The summed E-state index contributed by atoms with van der Waals surface area (Å²) in [4.78, 5) is 16.4. The summed E-state index contributed by atoms with van der Waals surface area (Å²) in [5.74, 6) is -0.0719. The Morgan fingerprint density at radius 3 is 2.46 bits per heavy atom. The van der Waals surface area contributed by atoms with Gasteiger partial charge >= 0.3 is 0 Å². The number of fused-ring (bicyclic) bond motifs is 1. The average Bonchev–Trinajstić information content (AvgIpc) is 2.60. The van der Waals surface area contributed by atoms with E-state index in [1.54, 1.807) is 0 Å². The highest BCUT2D eigenvalue weighted by Gasteiger charge is 2.20. The van der Waals surface area contributed by atoms with Gasteiger partial charge in [0.1, 0.15) is 5.69 Å². The molecule has 2 aromatic carbocycles. The number of nitrogens with zero attached hydrogens (tertiary/aromatic N) is 1. The minimum atomic E-state index is -0.486. The first-order valence-electron chi connectivity index (χ1n) is 8.33. The Kier molecular flexibility index (Phi) is 4.34. The number of pyridine rings is 1. The van der Waals surface area contributed by atoms with Crippen molar-refractivity contribution in [3.8, 4) is 11.1 Å². The Morgan fingerprint density at radius 1 is 1.12 bits per heavy atom. The van der Waals surface area contributed by atoms with Crippen molar-refractivity contribution < 1.29 is 4.79 Å². The van der Waals surface area contributed by atoms with Gasteiger partial charge in [-0.25, -0.2) is 4.98 Å². The predicted octanol–water partition coefficient (Wildman–Crippen LogP) is 4.82. The number of hydrogen-bond donors (Lipinski definition) is 1. The van der Waals surface area contributed by atoms with E-state index in [0.717, 1.165) is 34.0 Å². The monoisotopic (exact) mass is 318 g/mol. The number of carbonyl (C=O) groups is 1. The first-order chi connectivity index (χ1) is 11.5. The Balaban J connectivity index is 2.48. The predicted molar refractivity (Wildman–Crippen MR) is 99.1 cm³/mol. The summed E-state index contributed by atoms with van der Waals surface area (Å²) in [5.41, 5.74) is 11.0. The summed E-state index contributed by atoms with van der Waals surface area (Å²) in [6, 6.07) is 16.3. The number of benzene rings is 2. The van der Waals surface area contributed by atoms with Crippen molar-refractivity contribution in [1.29, 1.82) is 0 Å². The third-order valence-corrected chi connectivity index (χ3v) is 4.73. The summed E-state index contributed by atoms with van der Waals surface area (Å²) in [7, 11) is 0. The van der Waals surface area contributed by atoms with Gasteiger partial charge < -0.3 is 5.73 Å². The van der Waals surface area contributed by atoms with E-state index in [9.17, 15) is 4.79 Å². The van der Waals surface area contributed by atoms with Crippen molar-refractivity contribution in [2.24, 2.45) is 5.73 Å². The summed E-state index contributed by atoms with van der Waals surface area (Å²) < 4.78 is 0. The lowest BCUT2D eigenvalue weighted by atomic mass is 9.87. The molecule has 0 fully saturated rings. The maximum atomic E-state index is 11.9. The fraction of sp³-hybridized carbons (Fsp3) is 0.238.